The summed E-state index contributed by atoms with van der Waals surface area (Å²) >= 11 is 0. The fraction of sp³-hybridized carbons (Fsp3) is 0.208. The van der Waals surface area contributed by atoms with Gasteiger partial charge in [-0.2, -0.15) is 23.4 Å². The summed E-state index contributed by atoms with van der Waals surface area (Å²) in [4.78, 5) is 25.7. The highest BCUT2D eigenvalue weighted by Gasteiger charge is 2.30. The number of nitrogens with zero attached hydrogens (tertiary/aromatic N) is 8. The number of alkyl halides is 3. The Bertz CT molecular complexity index is 1620. The summed E-state index contributed by atoms with van der Waals surface area (Å²) in [5, 5.41) is 15.1. The summed E-state index contributed by atoms with van der Waals surface area (Å²) in [5.74, 6) is 1.15. The number of hydrogen-bond donors (Lipinski definition) is 1. The fourth-order valence-electron chi connectivity index (χ4n) is 3.84. The zero-order valence-electron chi connectivity index (χ0n) is 19.9. The Balaban J connectivity index is 1.57. The Morgan fingerprint density at radius 2 is 1.84 bits per heavy atom. The molecular weight excluding hydrogens is 487 g/mol. The van der Waals surface area contributed by atoms with Crippen molar-refractivity contribution < 1.29 is 18.0 Å². The summed E-state index contributed by atoms with van der Waals surface area (Å²) in [6.07, 6.45) is -0.000154. The van der Waals surface area contributed by atoms with Gasteiger partial charge in [0.2, 0.25) is 0 Å². The van der Waals surface area contributed by atoms with Crippen molar-refractivity contribution in [3.05, 3.63) is 66.0 Å². The monoisotopic (exact) mass is 507 g/mol. The van der Waals surface area contributed by atoms with Crippen molar-refractivity contribution in [2.75, 3.05) is 5.32 Å². The molecule has 5 aromatic heterocycles. The van der Waals surface area contributed by atoms with Gasteiger partial charge in [-0.1, -0.05) is 0 Å². The van der Waals surface area contributed by atoms with Gasteiger partial charge in [0.25, 0.3) is 0 Å². The number of aromatic nitrogens is 8. The van der Waals surface area contributed by atoms with Crippen LogP contribution in [0.15, 0.2) is 49.1 Å². The predicted octanol–water partition coefficient (Wildman–Crippen LogP) is 4.59. The van der Waals surface area contributed by atoms with Crippen molar-refractivity contribution in [1.82, 2.24) is 39.5 Å². The van der Waals surface area contributed by atoms with Crippen LogP contribution in [0.2, 0.25) is 0 Å². The van der Waals surface area contributed by atoms with E-state index in [-0.39, 0.29) is 22.7 Å². The first-order valence-electron chi connectivity index (χ1n) is 11.1. The zero-order chi connectivity index (χ0) is 26.3. The van der Waals surface area contributed by atoms with Gasteiger partial charge in [0, 0.05) is 22.9 Å². The molecular formula is C24H20F3N9O. The van der Waals surface area contributed by atoms with E-state index < -0.39 is 12.7 Å². The molecule has 0 aromatic carbocycles. The molecule has 0 spiro atoms. The molecule has 0 aliphatic carbocycles. The lowest BCUT2D eigenvalue weighted by molar-refractivity contribution is -0.142. The summed E-state index contributed by atoms with van der Waals surface area (Å²) in [7, 11) is 0. The van der Waals surface area contributed by atoms with Crippen LogP contribution in [0.5, 0.6) is 0 Å². The van der Waals surface area contributed by atoms with Gasteiger partial charge in [0.15, 0.2) is 11.6 Å². The van der Waals surface area contributed by atoms with Crippen LogP contribution in [-0.2, 0) is 6.54 Å². The third kappa shape index (κ3) is 4.87. The van der Waals surface area contributed by atoms with Gasteiger partial charge < -0.3 is 5.32 Å². The lowest BCUT2D eigenvalue weighted by atomic mass is 10.0. The summed E-state index contributed by atoms with van der Waals surface area (Å²) in [6, 6.07) is 8.60. The average Bonchev–Trinajstić information content (AvgIpc) is 3.42. The molecule has 1 N–H and O–H groups in total. The highest BCUT2D eigenvalue weighted by atomic mass is 19.4. The molecule has 0 aliphatic heterocycles. The molecule has 0 saturated heterocycles. The molecule has 0 saturated carbocycles. The number of imidazole rings is 1. The van der Waals surface area contributed by atoms with Gasteiger partial charge in [-0.05, 0) is 45.0 Å². The van der Waals surface area contributed by atoms with Crippen LogP contribution in [0.1, 0.15) is 28.7 Å². The minimum absolute atomic E-state index is 0.236. The molecule has 10 nitrogen and oxygen atoms in total. The number of carbonyl (C=O) groups excluding carboxylic acids is 1. The SMILES string of the molecule is CC(=O)c1ccc(-n2cnc3cnc(Nc4ccc(C)nn4)cc32)nc1-c1cnn(CC(F)(F)F)c1C. The third-order valence-electron chi connectivity index (χ3n) is 5.68. The maximum atomic E-state index is 13.0. The number of nitrogens with one attached hydrogen (secondary N) is 1. The van der Waals surface area contributed by atoms with Crippen LogP contribution >= 0.6 is 0 Å². The minimum atomic E-state index is -4.44. The standard InChI is InChI=1S/C24H20F3N9O/c1-13-4-6-20(34-33-13)31-21-8-19-18(10-28-21)29-12-35(19)22-7-5-16(15(3)37)23(32-22)17-9-30-36(14(17)2)11-24(25,26)27/h4-10,12H,11H2,1-3H3,(H,28,31,34). The van der Waals surface area contributed by atoms with Crippen LogP contribution in [0.3, 0.4) is 0 Å². The van der Waals surface area contributed by atoms with Crippen molar-refractivity contribution in [2.24, 2.45) is 0 Å². The van der Waals surface area contributed by atoms with Crippen LogP contribution in [0, 0.1) is 13.8 Å². The van der Waals surface area contributed by atoms with E-state index in [0.29, 0.717) is 34.1 Å². The molecule has 0 bridgehead atoms. The number of carbonyl (C=O) groups is 1. The normalized spacial score (nSPS) is 11.7. The first kappa shape index (κ1) is 24.0. The molecule has 5 aromatic rings. The number of rotatable bonds is 6. The Labute approximate surface area is 208 Å². The molecule has 0 aliphatic rings. The van der Waals surface area contributed by atoms with Crippen molar-refractivity contribution >= 4 is 28.5 Å². The van der Waals surface area contributed by atoms with Gasteiger partial charge in [0.1, 0.15) is 30.0 Å². The zero-order valence-corrected chi connectivity index (χ0v) is 19.9. The van der Waals surface area contributed by atoms with E-state index in [1.807, 2.05) is 13.0 Å². The van der Waals surface area contributed by atoms with Crippen LogP contribution in [-0.4, -0.2) is 51.5 Å². The van der Waals surface area contributed by atoms with Gasteiger partial charge in [-0.15, -0.1) is 5.10 Å². The van der Waals surface area contributed by atoms with Crippen LogP contribution in [0.4, 0.5) is 24.8 Å². The lowest BCUT2D eigenvalue weighted by Crippen LogP contribution is -2.19. The molecule has 188 valence electrons. The smallest absolute Gasteiger partial charge is 0.323 e. The van der Waals surface area contributed by atoms with Gasteiger partial charge in [-0.3, -0.25) is 14.0 Å². The van der Waals surface area contributed by atoms with E-state index >= 15 is 0 Å². The fourth-order valence-corrected chi connectivity index (χ4v) is 3.84. The number of pyridine rings is 2. The molecule has 0 atom stereocenters. The Morgan fingerprint density at radius 1 is 1.03 bits per heavy atom. The van der Waals surface area contributed by atoms with Crippen molar-refractivity contribution in [1.29, 1.82) is 0 Å². The predicted molar refractivity (Wildman–Crippen MR) is 129 cm³/mol. The molecule has 37 heavy (non-hydrogen) atoms. The maximum absolute atomic E-state index is 13.0. The Hall–Kier alpha value is -4.68. The first-order valence-corrected chi connectivity index (χ1v) is 11.1. The second-order valence-electron chi connectivity index (χ2n) is 8.40. The van der Waals surface area contributed by atoms with Crippen molar-refractivity contribution in [3.8, 4) is 17.1 Å². The minimum Gasteiger partial charge on any atom is -0.323 e. The second-order valence-corrected chi connectivity index (χ2v) is 8.40. The first-order chi connectivity index (χ1) is 17.6. The summed E-state index contributed by atoms with van der Waals surface area (Å²) < 4.78 is 41.5. The number of aryl methyl sites for hydroxylation is 1. The highest BCUT2D eigenvalue weighted by molar-refractivity contribution is 6.00. The van der Waals surface area contributed by atoms with E-state index in [2.05, 4.69) is 35.6 Å². The van der Waals surface area contributed by atoms with Crippen molar-refractivity contribution in [2.45, 2.75) is 33.5 Å². The molecule has 0 unspecified atom stereocenters. The number of halogens is 3. The van der Waals surface area contributed by atoms with Gasteiger partial charge in [0.05, 0.1) is 29.3 Å². The van der Waals surface area contributed by atoms with E-state index in [0.717, 1.165) is 10.4 Å². The van der Waals surface area contributed by atoms with Crippen LogP contribution < -0.4 is 5.32 Å². The average molecular weight is 507 g/mol. The number of ketones is 1. The van der Waals surface area contributed by atoms with E-state index in [4.69, 9.17) is 0 Å². The second kappa shape index (κ2) is 9.08. The summed E-state index contributed by atoms with van der Waals surface area (Å²) in [5.41, 5.74) is 3.12. The number of hydrogen-bond acceptors (Lipinski definition) is 8. The maximum Gasteiger partial charge on any atom is 0.408 e. The molecule has 0 fully saturated rings. The van der Waals surface area contributed by atoms with E-state index in [9.17, 15) is 18.0 Å². The lowest BCUT2D eigenvalue weighted by Gasteiger charge is -2.12. The Kier molecular flexibility index (Phi) is 5.90. The quantitative estimate of drug-likeness (QED) is 0.332. The Morgan fingerprint density at radius 3 is 2.54 bits per heavy atom. The molecule has 0 radical (unpaired) electrons. The van der Waals surface area contributed by atoms with E-state index in [1.165, 1.54) is 20.0 Å². The number of fused-ring (bicyclic) bond motifs is 1. The van der Waals surface area contributed by atoms with Gasteiger partial charge >= 0.3 is 6.18 Å². The van der Waals surface area contributed by atoms with E-state index in [1.54, 1.807) is 41.4 Å². The highest BCUT2D eigenvalue weighted by Crippen LogP contribution is 2.29. The number of Topliss-reactive ketones (excluding diaryl/α,β-unsaturated/α-hetero) is 1. The topological polar surface area (TPSA) is 116 Å². The summed E-state index contributed by atoms with van der Waals surface area (Å²) in [6.45, 7) is 3.48. The molecule has 13 heteroatoms. The number of anilines is 2. The molecule has 5 rings (SSSR count). The van der Waals surface area contributed by atoms with Crippen LogP contribution in [0.25, 0.3) is 28.1 Å². The largest absolute Gasteiger partial charge is 0.408 e. The van der Waals surface area contributed by atoms with Gasteiger partial charge in [-0.25, -0.2) is 15.0 Å². The molecule has 5 heterocycles. The third-order valence-corrected chi connectivity index (χ3v) is 5.68. The molecule has 0 amide bonds. The van der Waals surface area contributed by atoms with Crippen molar-refractivity contribution in [3.63, 3.8) is 0 Å².